The van der Waals surface area contributed by atoms with Gasteiger partial charge in [-0.2, -0.15) is 15.5 Å². The topological polar surface area (TPSA) is 340 Å². The van der Waals surface area contributed by atoms with Crippen LogP contribution in [0.2, 0.25) is 0 Å². The van der Waals surface area contributed by atoms with Crippen LogP contribution in [0.4, 0.5) is 5.82 Å². The molecule has 3 saturated carbocycles. The number of unbranched alkanes of at least 4 members (excludes halogenated alkanes) is 2. The number of nitrogens with one attached hydrogen (secondary N) is 2. The Kier molecular flexibility index (Phi) is 33.2. The summed E-state index contributed by atoms with van der Waals surface area (Å²) in [6, 6.07) is -1.25. The molecule has 2 N–H and O–H groups in total. The predicted molar refractivity (Wildman–Crippen MR) is 227 cm³/mol. The van der Waals surface area contributed by atoms with E-state index in [9.17, 15) is 61.9 Å². The van der Waals surface area contributed by atoms with Gasteiger partial charge in [0.15, 0.2) is 5.82 Å². The molecule has 3 aliphatic carbocycles. The molecule has 0 aliphatic heterocycles. The van der Waals surface area contributed by atoms with Crippen molar-refractivity contribution < 1.29 is 262 Å². The van der Waals surface area contributed by atoms with Crippen molar-refractivity contribution in [3.63, 3.8) is 0 Å². The minimum Gasteiger partial charge on any atom is -0.748 e. The number of hydrogen-bond donors (Lipinski definition) is 2. The van der Waals surface area contributed by atoms with Gasteiger partial charge in [0.25, 0.3) is 0 Å². The van der Waals surface area contributed by atoms with Gasteiger partial charge in [-0.25, -0.2) is 38.4 Å². The Hall–Kier alpha value is 4.46. The van der Waals surface area contributed by atoms with Crippen molar-refractivity contribution in [3.05, 3.63) is 11.3 Å². The van der Waals surface area contributed by atoms with Gasteiger partial charge in [0.1, 0.15) is 11.6 Å². The molecule has 0 aromatic carbocycles. The molecule has 0 saturated heterocycles. The minimum atomic E-state index is -4.90. The molecule has 0 bridgehead atoms. The molecular weight excluding hydrogens is 1110 g/mol. The molecule has 31 heteroatoms. The molecule has 1 amide bonds. The Morgan fingerprint density at radius 1 is 0.791 bits per heavy atom. The number of carbonyl (C=O) groups excluding carboxylic acids is 1. The number of azo groups is 1. The maximum Gasteiger partial charge on any atom is 1.00 e. The number of nitrogens with zero attached hydrogens (tertiary/aromatic N) is 6. The second kappa shape index (κ2) is 31.2. The summed E-state index contributed by atoms with van der Waals surface area (Å²) in [4.78, 5) is 14.5. The molecule has 7 atom stereocenters. The summed E-state index contributed by atoms with van der Waals surface area (Å²) in [5.74, 6) is -1.37. The Labute approximate surface area is 576 Å². The van der Waals surface area contributed by atoms with Crippen LogP contribution in [0.3, 0.4) is 0 Å². The zero-order chi connectivity index (χ0) is 47.3. The second-order valence-electron chi connectivity index (χ2n) is 17.9. The smallest absolute Gasteiger partial charge is 0.748 e. The molecule has 0 radical (unpaired) electrons. The van der Waals surface area contributed by atoms with E-state index >= 15 is 0 Å². The zero-order valence-corrected chi connectivity index (χ0v) is 56.7. The first-order valence-electron chi connectivity index (χ1n) is 20.7. The first-order valence-corrected chi connectivity index (χ1v) is 27.7. The van der Waals surface area contributed by atoms with E-state index in [1.54, 1.807) is 0 Å². The van der Waals surface area contributed by atoms with Crippen LogP contribution in [0.5, 0.6) is 0 Å². The van der Waals surface area contributed by atoms with Gasteiger partial charge < -0.3 is 33.7 Å². The molecular formula is C36H56Cl2K4N8O13S4. The summed E-state index contributed by atoms with van der Waals surface area (Å²) < 4.78 is 140. The van der Waals surface area contributed by atoms with Gasteiger partial charge in [-0.1, -0.05) is 20.8 Å². The molecule has 67 heavy (non-hydrogen) atoms. The molecule has 3 aliphatic rings. The molecule has 1 aromatic heterocycles. The minimum absolute atomic E-state index is 0. The van der Waals surface area contributed by atoms with Crippen LogP contribution in [0, 0.1) is 11.3 Å². The van der Waals surface area contributed by atoms with Crippen molar-refractivity contribution in [1.29, 1.82) is 5.26 Å². The zero-order valence-electron chi connectivity index (χ0n) is 39.5. The Morgan fingerprint density at radius 3 is 1.69 bits per heavy atom. The fourth-order valence-electron chi connectivity index (χ4n) is 8.91. The fraction of sp³-hybridized carbons (Fsp3) is 0.861. The number of aromatic nitrogens is 2. The van der Waals surface area contributed by atoms with E-state index in [0.29, 0.717) is 50.9 Å². The van der Waals surface area contributed by atoms with Gasteiger partial charge in [0.05, 0.1) is 85.5 Å². The number of halogens is 2. The number of hydrogen-bond acceptors (Lipinski definition) is 19. The van der Waals surface area contributed by atoms with E-state index in [1.807, 2.05) is 25.7 Å². The summed E-state index contributed by atoms with van der Waals surface area (Å²) in [5, 5.41) is 26.0. The molecule has 3 fully saturated rings. The summed E-state index contributed by atoms with van der Waals surface area (Å²) in [6.45, 7) is 7.64. The summed E-state index contributed by atoms with van der Waals surface area (Å²) in [5.41, 5.74) is -0.167. The molecule has 7 unspecified atom stereocenters. The maximum absolute atomic E-state index is 12.5. The monoisotopic (exact) mass is 1160 g/mol. The third-order valence-electron chi connectivity index (χ3n) is 11.8. The average molecular weight is 1160 g/mol. The molecule has 4 rings (SSSR count). The molecule has 360 valence electrons. The fourth-order valence-corrected chi connectivity index (χ4v) is 13.1. The van der Waals surface area contributed by atoms with Crippen LogP contribution in [0.1, 0.15) is 122 Å². The maximum atomic E-state index is 12.5. The summed E-state index contributed by atoms with van der Waals surface area (Å²) >= 11 is 14.1. The van der Waals surface area contributed by atoms with E-state index in [4.69, 9.17) is 28.3 Å². The van der Waals surface area contributed by atoms with E-state index < -0.39 is 115 Å². The molecule has 0 spiro atoms. The Morgan fingerprint density at radius 2 is 1.27 bits per heavy atom. The summed E-state index contributed by atoms with van der Waals surface area (Å²) in [7, 11) is -18.7. The van der Waals surface area contributed by atoms with Crippen LogP contribution < -0.4 is 216 Å². The Bertz CT molecular complexity index is 2220. The molecule has 21 nitrogen and oxygen atoms in total. The standard InChI is InChI=1S/C36H60Cl2N8O13S4.4K/c1-22(47)40-32-19-25(45(11-5-7-13-60(48,49)50)12-6-8-14-61(51,52)53)9-10-31(32)42-43-35-28(21-39)34(36(2,3)4)44-46(35)33-29(37)17-24(18-30(33)38)41-23-15-26(62(54,55)56)20-27(16-23)63(57,58)59;;;;/h23-27,29-33,41H,5-20H2,1-4H3,(H,40,47)(H,48,49,50)(H,51,52,53)(H,54,55,56)(H,57,58,59);;;;/q;4*+1/p-4. The van der Waals surface area contributed by atoms with Crippen LogP contribution in [-0.2, 0) is 50.7 Å². The number of amides is 1. The van der Waals surface area contributed by atoms with Crippen LogP contribution in [-0.4, -0.2) is 149 Å². The van der Waals surface area contributed by atoms with E-state index in [0.717, 1.165) is 0 Å². The summed E-state index contributed by atoms with van der Waals surface area (Å²) in [6.07, 6.45) is 1.58. The quantitative estimate of drug-likeness (QED) is 0.0427. The number of alkyl halides is 2. The first-order chi connectivity index (χ1) is 29.0. The molecule has 1 aromatic rings. The predicted octanol–water partition coefficient (Wildman–Crippen LogP) is -9.58. The van der Waals surface area contributed by atoms with Gasteiger partial charge in [-0.3, -0.25) is 4.79 Å². The van der Waals surface area contributed by atoms with E-state index in [1.165, 1.54) is 11.6 Å². The van der Waals surface area contributed by atoms with Crippen LogP contribution in [0.25, 0.3) is 0 Å². The van der Waals surface area contributed by atoms with Gasteiger partial charge in [0.2, 0.25) is 5.91 Å². The third kappa shape index (κ3) is 23.5. The van der Waals surface area contributed by atoms with Crippen molar-refractivity contribution in [2.45, 2.75) is 168 Å². The van der Waals surface area contributed by atoms with Crippen LogP contribution >= 0.6 is 23.2 Å². The van der Waals surface area contributed by atoms with Crippen molar-refractivity contribution in [2.75, 3.05) is 24.6 Å². The van der Waals surface area contributed by atoms with Gasteiger partial charge in [0, 0.05) is 42.0 Å². The number of carbonyl (C=O) groups is 1. The van der Waals surface area contributed by atoms with Crippen molar-refractivity contribution in [2.24, 2.45) is 10.2 Å². The molecule has 1 heterocycles. The van der Waals surface area contributed by atoms with Crippen molar-refractivity contribution in [3.8, 4) is 6.07 Å². The number of nitriles is 1. The van der Waals surface area contributed by atoms with Crippen LogP contribution in [0.15, 0.2) is 10.2 Å². The third-order valence-corrected chi connectivity index (χ3v) is 16.7. The average Bonchev–Trinajstić information content (AvgIpc) is 3.50. The normalized spacial score (nSPS) is 27.4. The number of rotatable bonds is 19. The SMILES string of the molecule is CC(=O)NC1CC(N(CCCCS(=O)(=O)[O-])CCCCS(=O)(=O)[O-])CCC1N=Nc1c(C#N)c(C(C)(C)C)nn1C1C(Cl)CC(NC2CC(S(=O)(=O)[O-])CC(S(=O)(=O)[O-])C2)CC1Cl.[K+].[K+].[K+].[K+]. The second-order valence-corrected chi connectivity index (χ2v) is 25.3. The van der Waals surface area contributed by atoms with Crippen molar-refractivity contribution in [1.82, 2.24) is 25.3 Å². The van der Waals surface area contributed by atoms with Gasteiger partial charge in [-0.05, 0) is 90.1 Å². The first kappa shape index (κ1) is 71.5. The van der Waals surface area contributed by atoms with Gasteiger partial charge in [-0.15, -0.1) is 28.3 Å². The van der Waals surface area contributed by atoms with E-state index in [-0.39, 0.29) is 267 Å². The van der Waals surface area contributed by atoms with E-state index in [2.05, 4.69) is 26.9 Å². The Balaban J connectivity index is 0.0000109. The van der Waals surface area contributed by atoms with Gasteiger partial charge >= 0.3 is 206 Å². The van der Waals surface area contributed by atoms with Crippen molar-refractivity contribution >= 4 is 75.4 Å². The largest absolute Gasteiger partial charge is 1.00 e.